The van der Waals surface area contributed by atoms with Crippen LogP contribution in [0.3, 0.4) is 0 Å². The largest absolute Gasteiger partial charge is 0.494 e. The number of methoxy groups -OCH3 is 1. The number of anilines is 1. The van der Waals surface area contributed by atoms with Gasteiger partial charge in [0, 0.05) is 26.2 Å². The number of carboxylic acids is 1. The van der Waals surface area contributed by atoms with Gasteiger partial charge < -0.3 is 24.4 Å². The number of ether oxygens (including phenoxy) is 2. The smallest absolute Gasteiger partial charge is 0.410 e. The van der Waals surface area contributed by atoms with Gasteiger partial charge in [-0.05, 0) is 32.9 Å². The summed E-state index contributed by atoms with van der Waals surface area (Å²) in [5, 5.41) is 9.22. The van der Waals surface area contributed by atoms with Crippen molar-refractivity contribution in [1.29, 1.82) is 0 Å². The van der Waals surface area contributed by atoms with E-state index in [9.17, 15) is 19.5 Å². The summed E-state index contributed by atoms with van der Waals surface area (Å²) in [5.74, 6) is -0.961. The molecule has 2 rings (SSSR count). The molecule has 1 fully saturated rings. The molecular weight excluding hydrogens is 340 g/mol. The van der Waals surface area contributed by atoms with Crippen molar-refractivity contribution in [3.63, 3.8) is 0 Å². The Morgan fingerprint density at radius 3 is 2.23 bits per heavy atom. The molecule has 1 saturated heterocycles. The van der Waals surface area contributed by atoms with Crippen molar-refractivity contribution in [2.75, 3.05) is 38.2 Å². The zero-order valence-electron chi connectivity index (χ0n) is 15.4. The molecule has 142 valence electrons. The van der Waals surface area contributed by atoms with E-state index in [4.69, 9.17) is 9.47 Å². The van der Waals surface area contributed by atoms with E-state index in [2.05, 4.69) is 0 Å². The highest BCUT2D eigenvalue weighted by Crippen LogP contribution is 2.34. The topological polar surface area (TPSA) is 96.4 Å². The molecule has 1 aromatic carbocycles. The molecule has 1 aromatic rings. The standard InChI is InChI=1S/C18H24N2O6/c1-18(2,3)26-17(24)20-9-7-19(8-10-20)14-6-5-12(16(22)23)13(11-21)15(14)25-4/h5-6,11H,7-10H2,1-4H3,(H,22,23). The Morgan fingerprint density at radius 1 is 1.15 bits per heavy atom. The molecule has 0 spiro atoms. The van der Waals surface area contributed by atoms with Crippen LogP contribution in [0.15, 0.2) is 12.1 Å². The van der Waals surface area contributed by atoms with Crippen LogP contribution in [0.25, 0.3) is 0 Å². The van der Waals surface area contributed by atoms with Crippen LogP contribution < -0.4 is 9.64 Å². The van der Waals surface area contributed by atoms with Gasteiger partial charge in [0.15, 0.2) is 12.0 Å². The second kappa shape index (κ2) is 7.63. The number of aldehydes is 1. The van der Waals surface area contributed by atoms with Gasteiger partial charge in [0.1, 0.15) is 5.60 Å². The number of rotatable bonds is 4. The van der Waals surface area contributed by atoms with Gasteiger partial charge in [0.2, 0.25) is 0 Å². The van der Waals surface area contributed by atoms with Gasteiger partial charge in [-0.1, -0.05) is 0 Å². The molecule has 26 heavy (non-hydrogen) atoms. The molecule has 1 amide bonds. The summed E-state index contributed by atoms with van der Waals surface area (Å²) in [6, 6.07) is 3.02. The van der Waals surface area contributed by atoms with Crippen molar-refractivity contribution < 1.29 is 29.0 Å². The molecule has 0 saturated carbocycles. The summed E-state index contributed by atoms with van der Waals surface area (Å²) in [7, 11) is 1.40. The van der Waals surface area contributed by atoms with Crippen LogP contribution in [0.5, 0.6) is 5.75 Å². The summed E-state index contributed by atoms with van der Waals surface area (Å²) in [4.78, 5) is 38.4. The van der Waals surface area contributed by atoms with Crippen LogP contribution in [0.4, 0.5) is 10.5 Å². The molecule has 0 radical (unpaired) electrons. The maximum atomic E-state index is 12.1. The number of piperazine rings is 1. The van der Waals surface area contributed by atoms with E-state index < -0.39 is 11.6 Å². The molecule has 1 aliphatic heterocycles. The van der Waals surface area contributed by atoms with Gasteiger partial charge in [0.25, 0.3) is 0 Å². The minimum atomic E-state index is -1.19. The average molecular weight is 364 g/mol. The lowest BCUT2D eigenvalue weighted by Gasteiger charge is -2.37. The average Bonchev–Trinajstić information content (AvgIpc) is 2.58. The fourth-order valence-electron chi connectivity index (χ4n) is 2.81. The predicted molar refractivity (Wildman–Crippen MR) is 95.4 cm³/mol. The Labute approximate surface area is 152 Å². The van der Waals surface area contributed by atoms with E-state index in [1.165, 1.54) is 13.2 Å². The third-order valence-electron chi connectivity index (χ3n) is 4.00. The zero-order valence-corrected chi connectivity index (χ0v) is 15.4. The first-order chi connectivity index (χ1) is 12.2. The van der Waals surface area contributed by atoms with E-state index in [1.54, 1.807) is 11.0 Å². The number of carbonyl (C=O) groups excluding carboxylic acids is 2. The number of benzene rings is 1. The fourth-order valence-corrected chi connectivity index (χ4v) is 2.81. The minimum Gasteiger partial charge on any atom is -0.494 e. The molecular formula is C18H24N2O6. The van der Waals surface area contributed by atoms with E-state index in [1.807, 2.05) is 25.7 Å². The SMILES string of the molecule is COc1c(N2CCN(C(=O)OC(C)(C)C)CC2)ccc(C(=O)O)c1C=O. The summed E-state index contributed by atoms with van der Waals surface area (Å²) in [6.45, 7) is 7.38. The first-order valence-corrected chi connectivity index (χ1v) is 8.30. The normalized spacial score (nSPS) is 14.8. The Kier molecular flexibility index (Phi) is 5.74. The van der Waals surface area contributed by atoms with Gasteiger partial charge in [-0.25, -0.2) is 9.59 Å². The molecule has 1 aliphatic rings. The second-order valence-electron chi connectivity index (χ2n) is 6.96. The molecule has 0 aliphatic carbocycles. The van der Waals surface area contributed by atoms with Gasteiger partial charge in [-0.2, -0.15) is 0 Å². The van der Waals surface area contributed by atoms with Crippen LogP contribution in [0, 0.1) is 0 Å². The third-order valence-corrected chi connectivity index (χ3v) is 4.00. The number of hydrogen-bond donors (Lipinski definition) is 1. The Hall–Kier alpha value is -2.77. The first-order valence-electron chi connectivity index (χ1n) is 8.30. The van der Waals surface area contributed by atoms with Crippen LogP contribution in [-0.2, 0) is 4.74 Å². The highest BCUT2D eigenvalue weighted by Gasteiger charge is 2.28. The lowest BCUT2D eigenvalue weighted by Crippen LogP contribution is -2.50. The minimum absolute atomic E-state index is 0.00655. The Morgan fingerprint density at radius 2 is 1.77 bits per heavy atom. The number of aromatic carboxylic acids is 1. The van der Waals surface area contributed by atoms with Crippen LogP contribution in [0.2, 0.25) is 0 Å². The number of nitrogens with zero attached hydrogens (tertiary/aromatic N) is 2. The molecule has 0 aromatic heterocycles. The van der Waals surface area contributed by atoms with Crippen molar-refractivity contribution in [2.45, 2.75) is 26.4 Å². The molecule has 0 atom stereocenters. The summed E-state index contributed by atoms with van der Waals surface area (Å²) >= 11 is 0. The van der Waals surface area contributed by atoms with Crippen molar-refractivity contribution in [1.82, 2.24) is 4.90 Å². The lowest BCUT2D eigenvalue weighted by molar-refractivity contribution is 0.0240. The Bertz CT molecular complexity index is 702. The zero-order chi connectivity index (χ0) is 19.5. The van der Waals surface area contributed by atoms with Crippen LogP contribution >= 0.6 is 0 Å². The summed E-state index contributed by atoms with van der Waals surface area (Å²) in [5.41, 5.74) is -0.0216. The monoisotopic (exact) mass is 364 g/mol. The highest BCUT2D eigenvalue weighted by atomic mass is 16.6. The highest BCUT2D eigenvalue weighted by molar-refractivity contribution is 6.00. The van der Waals surface area contributed by atoms with Crippen LogP contribution in [-0.4, -0.2) is 67.2 Å². The molecule has 0 unspecified atom stereocenters. The number of amides is 1. The van der Waals surface area contributed by atoms with Gasteiger partial charge >= 0.3 is 12.1 Å². The van der Waals surface area contributed by atoms with E-state index in [-0.39, 0.29) is 23.0 Å². The van der Waals surface area contributed by atoms with Crippen molar-refractivity contribution >= 4 is 24.0 Å². The quantitative estimate of drug-likeness (QED) is 0.819. The lowest BCUT2D eigenvalue weighted by atomic mass is 10.0. The Balaban J connectivity index is 2.18. The van der Waals surface area contributed by atoms with E-state index in [0.717, 1.165) is 0 Å². The van der Waals surface area contributed by atoms with Crippen molar-refractivity contribution in [3.8, 4) is 5.75 Å². The summed E-state index contributed by atoms with van der Waals surface area (Å²) < 4.78 is 10.7. The molecule has 1 N–H and O–H groups in total. The van der Waals surface area contributed by atoms with Crippen LogP contribution in [0.1, 0.15) is 41.5 Å². The number of hydrogen-bond acceptors (Lipinski definition) is 6. The third kappa shape index (κ3) is 4.25. The van der Waals surface area contributed by atoms with Crippen molar-refractivity contribution in [2.24, 2.45) is 0 Å². The van der Waals surface area contributed by atoms with Gasteiger partial charge in [-0.15, -0.1) is 0 Å². The number of carbonyl (C=O) groups is 3. The maximum Gasteiger partial charge on any atom is 0.410 e. The fraction of sp³-hybridized carbons (Fsp3) is 0.500. The molecule has 1 heterocycles. The van der Waals surface area contributed by atoms with E-state index in [0.29, 0.717) is 38.2 Å². The molecule has 8 nitrogen and oxygen atoms in total. The maximum absolute atomic E-state index is 12.1. The number of carboxylic acid groups (broad SMARTS) is 1. The molecule has 0 bridgehead atoms. The predicted octanol–water partition coefficient (Wildman–Crippen LogP) is 2.26. The van der Waals surface area contributed by atoms with Crippen molar-refractivity contribution in [3.05, 3.63) is 23.3 Å². The van der Waals surface area contributed by atoms with Gasteiger partial charge in [0.05, 0.1) is 23.9 Å². The summed E-state index contributed by atoms with van der Waals surface area (Å²) in [6.07, 6.45) is 0.127. The molecule has 8 heteroatoms. The van der Waals surface area contributed by atoms with Gasteiger partial charge in [-0.3, -0.25) is 4.79 Å². The van der Waals surface area contributed by atoms with E-state index >= 15 is 0 Å². The first kappa shape index (κ1) is 19.6. The second-order valence-corrected chi connectivity index (χ2v) is 6.96.